The van der Waals surface area contributed by atoms with E-state index in [-0.39, 0.29) is 23.2 Å². The maximum Gasteiger partial charge on any atom is 0.408 e. The van der Waals surface area contributed by atoms with Gasteiger partial charge in [-0.15, -0.1) is 0 Å². The number of sulfone groups is 1. The highest BCUT2D eigenvalue weighted by molar-refractivity contribution is 9.10. The number of ether oxygens (including phenoxy) is 3. The van der Waals surface area contributed by atoms with Crippen molar-refractivity contribution in [3.05, 3.63) is 52.5 Å². The molecular weight excluding hydrogens is 646 g/mol. The van der Waals surface area contributed by atoms with E-state index in [1.54, 1.807) is 37.8 Å². The molecule has 2 fully saturated rings. The minimum atomic E-state index is -3.29. The Labute approximate surface area is 259 Å². The Bertz CT molecular complexity index is 1450. The summed E-state index contributed by atoms with van der Waals surface area (Å²) in [5.41, 5.74) is 0.683. The van der Waals surface area contributed by atoms with Crippen molar-refractivity contribution in [1.29, 1.82) is 0 Å². The van der Waals surface area contributed by atoms with Crippen LogP contribution in [0, 0.1) is 0 Å². The first-order valence-corrected chi connectivity index (χ1v) is 17.2. The topological polar surface area (TPSA) is 124 Å². The predicted molar refractivity (Wildman–Crippen MR) is 169 cm³/mol. The molecule has 2 heterocycles. The molecule has 228 valence electrons. The van der Waals surface area contributed by atoms with Gasteiger partial charge in [0.25, 0.3) is 5.91 Å². The fourth-order valence-electron chi connectivity index (χ4n) is 4.76. The number of carbonyl (C=O) groups excluding carboxylic acids is 2. The van der Waals surface area contributed by atoms with E-state index in [0.29, 0.717) is 40.0 Å². The third-order valence-electron chi connectivity index (χ3n) is 6.42. The molecule has 2 saturated heterocycles. The lowest BCUT2D eigenvalue weighted by Gasteiger charge is -2.27. The van der Waals surface area contributed by atoms with Gasteiger partial charge in [-0.25, -0.2) is 13.2 Å². The van der Waals surface area contributed by atoms with Crippen LogP contribution in [-0.4, -0.2) is 73.2 Å². The quantitative estimate of drug-likeness (QED) is 0.390. The Morgan fingerprint density at radius 1 is 1.10 bits per heavy atom. The van der Waals surface area contributed by atoms with E-state index in [9.17, 15) is 18.0 Å². The smallest absolute Gasteiger partial charge is 0.408 e. The average Bonchev–Trinajstić information content (AvgIpc) is 3.35. The van der Waals surface area contributed by atoms with Crippen molar-refractivity contribution in [2.75, 3.05) is 29.6 Å². The van der Waals surface area contributed by atoms with Crippen LogP contribution in [0.4, 0.5) is 10.5 Å². The van der Waals surface area contributed by atoms with Crippen LogP contribution in [0.3, 0.4) is 0 Å². The van der Waals surface area contributed by atoms with Crippen LogP contribution in [0.2, 0.25) is 0 Å². The minimum absolute atomic E-state index is 0.0252. The normalized spacial score (nSPS) is 21.1. The first-order chi connectivity index (χ1) is 19.8. The van der Waals surface area contributed by atoms with E-state index in [4.69, 9.17) is 14.2 Å². The number of nitrogens with zero attached hydrogens (tertiary/aromatic N) is 2. The lowest BCUT2D eigenvalue weighted by molar-refractivity contribution is -0.119. The SMILES string of the molecule is CCOc1cc(Br)c(N2C(=NC(=O)[C@H](Cc3ccccc3)NC(=O)OC(C)(C)C)S[C@H]3CS(=O)(=O)C[C@@H]32)cc1OCC. The molecule has 0 bridgehead atoms. The highest BCUT2D eigenvalue weighted by Crippen LogP contribution is 2.46. The number of hydrogen-bond donors (Lipinski definition) is 1. The molecule has 2 aromatic rings. The van der Waals surface area contributed by atoms with Gasteiger partial charge in [-0.05, 0) is 56.1 Å². The van der Waals surface area contributed by atoms with Crippen LogP contribution >= 0.6 is 27.7 Å². The molecular formula is C29H36BrN3O7S2. The van der Waals surface area contributed by atoms with Crippen LogP contribution < -0.4 is 19.7 Å². The van der Waals surface area contributed by atoms with Crippen molar-refractivity contribution < 1.29 is 32.2 Å². The number of alkyl carbamates (subject to hydrolysis) is 1. The number of amidine groups is 1. The van der Waals surface area contributed by atoms with Gasteiger partial charge in [0.15, 0.2) is 26.5 Å². The van der Waals surface area contributed by atoms with Crippen molar-refractivity contribution in [1.82, 2.24) is 5.32 Å². The first kappa shape index (κ1) is 32.2. The van der Waals surface area contributed by atoms with E-state index in [0.717, 1.165) is 5.56 Å². The third kappa shape index (κ3) is 7.99. The Kier molecular flexibility index (Phi) is 10.1. The van der Waals surface area contributed by atoms with Gasteiger partial charge in [-0.2, -0.15) is 4.99 Å². The number of thioether (sulfide) groups is 1. The summed E-state index contributed by atoms with van der Waals surface area (Å²) in [6.07, 6.45) is -0.533. The number of anilines is 1. The number of hydrogen-bond acceptors (Lipinski definition) is 8. The van der Waals surface area contributed by atoms with Crippen molar-refractivity contribution in [3.63, 3.8) is 0 Å². The summed E-state index contributed by atoms with van der Waals surface area (Å²) in [4.78, 5) is 32.7. The van der Waals surface area contributed by atoms with Gasteiger partial charge in [0, 0.05) is 28.3 Å². The van der Waals surface area contributed by atoms with Crippen LogP contribution in [-0.2, 0) is 25.8 Å². The molecule has 2 aliphatic rings. The van der Waals surface area contributed by atoms with Gasteiger partial charge < -0.3 is 24.4 Å². The standard InChI is InChI=1S/C29H36BrN3O7S2/c1-6-38-23-14-19(30)21(15-24(23)39-7-2)33-22-16-42(36,37)17-25(22)41-27(33)32-26(34)20(13-18-11-9-8-10-12-18)31-28(35)40-29(3,4)5/h8-12,14-15,20,22,25H,6-7,13,16-17H2,1-5H3,(H,31,35)/t20-,22-,25-/m0/s1. The zero-order valence-electron chi connectivity index (χ0n) is 24.3. The highest BCUT2D eigenvalue weighted by Gasteiger charge is 2.50. The highest BCUT2D eigenvalue weighted by atomic mass is 79.9. The number of rotatable bonds is 9. The summed E-state index contributed by atoms with van der Waals surface area (Å²) in [7, 11) is -3.29. The lowest BCUT2D eigenvalue weighted by Crippen LogP contribution is -2.45. The van der Waals surface area contributed by atoms with Crippen molar-refractivity contribution in [2.24, 2.45) is 4.99 Å². The summed E-state index contributed by atoms with van der Waals surface area (Å²) < 4.78 is 42.9. The molecule has 42 heavy (non-hydrogen) atoms. The van der Waals surface area contributed by atoms with Gasteiger partial charge in [-0.3, -0.25) is 4.79 Å². The van der Waals surface area contributed by atoms with E-state index >= 15 is 0 Å². The second-order valence-corrected chi connectivity index (χ2v) is 15.1. The van der Waals surface area contributed by atoms with Crippen LogP contribution in [0.25, 0.3) is 0 Å². The average molecular weight is 683 g/mol. The van der Waals surface area contributed by atoms with Gasteiger partial charge in [0.2, 0.25) is 0 Å². The lowest BCUT2D eigenvalue weighted by atomic mass is 10.1. The molecule has 1 N–H and O–H groups in total. The summed E-state index contributed by atoms with van der Waals surface area (Å²) in [5, 5.41) is 2.72. The van der Waals surface area contributed by atoms with E-state index in [2.05, 4.69) is 26.2 Å². The summed E-state index contributed by atoms with van der Waals surface area (Å²) in [5.74, 6) is 0.350. The predicted octanol–water partition coefficient (Wildman–Crippen LogP) is 4.98. The van der Waals surface area contributed by atoms with Crippen LogP contribution in [0.1, 0.15) is 40.2 Å². The van der Waals surface area contributed by atoms with E-state index in [1.807, 2.05) is 44.2 Å². The Balaban J connectivity index is 1.73. The molecule has 3 atom stereocenters. The van der Waals surface area contributed by atoms with E-state index < -0.39 is 39.5 Å². The second-order valence-electron chi connectivity index (χ2n) is 10.9. The molecule has 0 unspecified atom stereocenters. The van der Waals surface area contributed by atoms with Gasteiger partial charge in [0.05, 0.1) is 36.4 Å². The molecule has 0 aliphatic carbocycles. The largest absolute Gasteiger partial charge is 0.490 e. The molecule has 0 radical (unpaired) electrons. The fourth-order valence-corrected chi connectivity index (χ4v) is 9.19. The summed E-state index contributed by atoms with van der Waals surface area (Å²) >= 11 is 4.87. The molecule has 13 heteroatoms. The summed E-state index contributed by atoms with van der Waals surface area (Å²) in [6, 6.07) is 11.4. The molecule has 2 amide bonds. The number of amides is 2. The maximum atomic E-state index is 13.7. The zero-order valence-corrected chi connectivity index (χ0v) is 27.5. The Morgan fingerprint density at radius 3 is 2.36 bits per heavy atom. The number of aliphatic imine (C=N–C) groups is 1. The van der Waals surface area contributed by atoms with Crippen LogP contribution in [0.15, 0.2) is 51.9 Å². The number of nitrogens with one attached hydrogen (secondary N) is 1. The molecule has 2 aliphatic heterocycles. The summed E-state index contributed by atoms with van der Waals surface area (Å²) in [6.45, 7) is 9.79. The Hall–Kier alpha value is -2.77. The second kappa shape index (κ2) is 13.3. The van der Waals surface area contributed by atoms with E-state index in [1.165, 1.54) is 11.8 Å². The monoisotopic (exact) mass is 681 g/mol. The molecule has 0 aromatic heterocycles. The maximum absolute atomic E-state index is 13.7. The number of fused-ring (bicyclic) bond motifs is 1. The minimum Gasteiger partial charge on any atom is -0.490 e. The van der Waals surface area contributed by atoms with Crippen molar-refractivity contribution in [2.45, 2.75) is 64.0 Å². The number of halogens is 1. The van der Waals surface area contributed by atoms with Crippen LogP contribution in [0.5, 0.6) is 11.5 Å². The first-order valence-electron chi connectivity index (χ1n) is 13.7. The molecule has 4 rings (SSSR count). The molecule has 2 aromatic carbocycles. The van der Waals surface area contributed by atoms with Crippen molar-refractivity contribution in [3.8, 4) is 11.5 Å². The zero-order chi connectivity index (χ0) is 30.7. The van der Waals surface area contributed by atoms with Gasteiger partial charge in [0.1, 0.15) is 11.6 Å². The van der Waals surface area contributed by atoms with Gasteiger partial charge in [-0.1, -0.05) is 42.1 Å². The third-order valence-corrected chi connectivity index (χ3v) is 10.3. The molecule has 0 spiro atoms. The van der Waals surface area contributed by atoms with Gasteiger partial charge >= 0.3 is 6.09 Å². The Morgan fingerprint density at radius 2 is 1.74 bits per heavy atom. The number of benzene rings is 2. The molecule has 10 nitrogen and oxygen atoms in total. The fraction of sp³-hybridized carbons (Fsp3) is 0.483. The number of carbonyl (C=O) groups is 2. The molecule has 0 saturated carbocycles. The van der Waals surface area contributed by atoms with Crippen molar-refractivity contribution >= 4 is 60.4 Å².